The zero-order valence-corrected chi connectivity index (χ0v) is 10.5. The van der Waals surface area contributed by atoms with Crippen LogP contribution in [0.3, 0.4) is 0 Å². The Labute approximate surface area is 110 Å². The van der Waals surface area contributed by atoms with Crippen LogP contribution in [0.2, 0.25) is 0 Å². The fourth-order valence-electron chi connectivity index (χ4n) is 1.48. The molecule has 0 saturated carbocycles. The number of halogens is 1. The number of carboxylic acid groups (broad SMARTS) is 1. The highest BCUT2D eigenvalue weighted by Crippen LogP contribution is 2.18. The predicted octanol–water partition coefficient (Wildman–Crippen LogP) is 1.25. The van der Waals surface area contributed by atoms with Crippen molar-refractivity contribution in [1.29, 1.82) is 0 Å². The van der Waals surface area contributed by atoms with Gasteiger partial charge in [-0.15, -0.1) is 0 Å². The zero-order chi connectivity index (χ0) is 14.3. The van der Waals surface area contributed by atoms with Crippen molar-refractivity contribution in [3.8, 4) is 0 Å². The van der Waals surface area contributed by atoms with Crippen molar-refractivity contribution >= 4 is 17.7 Å². The predicted molar refractivity (Wildman–Crippen MR) is 68.9 cm³/mol. The second-order valence-electron chi connectivity index (χ2n) is 3.81. The van der Waals surface area contributed by atoms with Gasteiger partial charge >= 0.3 is 12.0 Å². The number of amides is 2. The number of nitrogens with one attached hydrogen (secondary N) is 3. The Morgan fingerprint density at radius 3 is 2.68 bits per heavy atom. The first-order valence-corrected chi connectivity index (χ1v) is 5.77. The highest BCUT2D eigenvalue weighted by Gasteiger charge is 2.16. The maximum atomic E-state index is 13.3. The van der Waals surface area contributed by atoms with Gasteiger partial charge in [-0.05, 0) is 32.1 Å². The number of rotatable bonds is 6. The fraction of sp³-hybridized carbons (Fsp3) is 0.333. The summed E-state index contributed by atoms with van der Waals surface area (Å²) in [6, 6.07) is 3.13. The molecule has 0 aliphatic heterocycles. The molecule has 6 nitrogen and oxygen atoms in total. The first-order chi connectivity index (χ1) is 9.06. The Bertz CT molecular complexity index is 466. The van der Waals surface area contributed by atoms with Gasteiger partial charge in [0.2, 0.25) is 0 Å². The summed E-state index contributed by atoms with van der Waals surface area (Å²) in [5, 5.41) is 16.7. The largest absolute Gasteiger partial charge is 0.478 e. The number of anilines is 1. The SMILES string of the molecule is CNCCCNC(=O)Nc1cccc(F)c1C(=O)O. The third kappa shape index (κ3) is 4.55. The smallest absolute Gasteiger partial charge is 0.340 e. The van der Waals surface area contributed by atoms with E-state index in [0.717, 1.165) is 19.0 Å². The van der Waals surface area contributed by atoms with Gasteiger partial charge in [0.15, 0.2) is 0 Å². The van der Waals surface area contributed by atoms with Crippen molar-refractivity contribution in [2.45, 2.75) is 6.42 Å². The third-order valence-electron chi connectivity index (χ3n) is 2.36. The quantitative estimate of drug-likeness (QED) is 0.585. The van der Waals surface area contributed by atoms with Crippen molar-refractivity contribution in [2.75, 3.05) is 25.5 Å². The lowest BCUT2D eigenvalue weighted by Gasteiger charge is -2.10. The molecule has 1 aromatic rings. The first kappa shape index (κ1) is 14.9. The maximum absolute atomic E-state index is 13.3. The van der Waals surface area contributed by atoms with Crippen LogP contribution in [0.4, 0.5) is 14.9 Å². The lowest BCUT2D eigenvalue weighted by atomic mass is 10.1. The molecule has 7 heteroatoms. The number of carboxylic acids is 1. The average Bonchev–Trinajstić information content (AvgIpc) is 2.34. The van der Waals surface area contributed by atoms with Gasteiger partial charge in [-0.25, -0.2) is 14.0 Å². The van der Waals surface area contributed by atoms with E-state index >= 15 is 0 Å². The first-order valence-electron chi connectivity index (χ1n) is 5.77. The monoisotopic (exact) mass is 269 g/mol. The molecule has 0 aromatic heterocycles. The van der Waals surface area contributed by atoms with Crippen LogP contribution in [0.5, 0.6) is 0 Å². The highest BCUT2D eigenvalue weighted by atomic mass is 19.1. The average molecular weight is 269 g/mol. The van der Waals surface area contributed by atoms with E-state index < -0.39 is 23.4 Å². The van der Waals surface area contributed by atoms with Crippen molar-refractivity contribution in [3.63, 3.8) is 0 Å². The molecule has 0 unspecified atom stereocenters. The molecular formula is C12H16FN3O3. The van der Waals surface area contributed by atoms with Crippen molar-refractivity contribution in [2.24, 2.45) is 0 Å². The van der Waals surface area contributed by atoms with Crippen LogP contribution < -0.4 is 16.0 Å². The molecule has 0 bridgehead atoms. The summed E-state index contributed by atoms with van der Waals surface area (Å²) < 4.78 is 13.3. The molecule has 0 saturated heterocycles. The Balaban J connectivity index is 2.64. The lowest BCUT2D eigenvalue weighted by molar-refractivity contribution is 0.0693. The minimum absolute atomic E-state index is 0.0707. The van der Waals surface area contributed by atoms with E-state index in [1.54, 1.807) is 7.05 Å². The van der Waals surface area contributed by atoms with Crippen LogP contribution in [0.15, 0.2) is 18.2 Å². The van der Waals surface area contributed by atoms with Crippen molar-refractivity contribution in [3.05, 3.63) is 29.6 Å². The summed E-state index contributed by atoms with van der Waals surface area (Å²) in [5.74, 6) is -2.32. The van der Waals surface area contributed by atoms with Crippen LogP contribution >= 0.6 is 0 Å². The minimum Gasteiger partial charge on any atom is -0.478 e. The van der Waals surface area contributed by atoms with E-state index in [4.69, 9.17) is 5.11 Å². The molecular weight excluding hydrogens is 253 g/mol. The van der Waals surface area contributed by atoms with E-state index in [2.05, 4.69) is 16.0 Å². The van der Waals surface area contributed by atoms with Crippen molar-refractivity contribution in [1.82, 2.24) is 10.6 Å². The number of carbonyl (C=O) groups is 2. The Hall–Kier alpha value is -2.15. The fourth-order valence-corrected chi connectivity index (χ4v) is 1.48. The third-order valence-corrected chi connectivity index (χ3v) is 2.36. The number of aromatic carboxylic acids is 1. The number of urea groups is 1. The zero-order valence-electron chi connectivity index (χ0n) is 10.5. The van der Waals surface area contributed by atoms with Crippen LogP contribution in [0, 0.1) is 5.82 Å². The molecule has 0 atom stereocenters. The number of hydrogen-bond acceptors (Lipinski definition) is 3. The molecule has 104 valence electrons. The topological polar surface area (TPSA) is 90.5 Å². The second-order valence-corrected chi connectivity index (χ2v) is 3.81. The molecule has 19 heavy (non-hydrogen) atoms. The summed E-state index contributed by atoms with van der Waals surface area (Å²) >= 11 is 0. The molecule has 1 aromatic carbocycles. The van der Waals surface area contributed by atoms with Crippen molar-refractivity contribution < 1.29 is 19.1 Å². The molecule has 1 rings (SSSR count). The van der Waals surface area contributed by atoms with Crippen LogP contribution in [0.1, 0.15) is 16.8 Å². The van der Waals surface area contributed by atoms with Gasteiger partial charge in [0, 0.05) is 6.54 Å². The molecule has 0 aliphatic rings. The van der Waals surface area contributed by atoms with Gasteiger partial charge in [-0.3, -0.25) is 0 Å². The standard InChI is InChI=1S/C12H16FN3O3/c1-14-6-3-7-15-12(19)16-9-5-2-4-8(13)10(9)11(17)18/h2,4-5,14H,3,6-7H2,1H3,(H,17,18)(H2,15,16,19). The molecule has 0 radical (unpaired) electrons. The number of hydrogen-bond donors (Lipinski definition) is 4. The van der Waals surface area contributed by atoms with Gasteiger partial charge < -0.3 is 21.1 Å². The van der Waals surface area contributed by atoms with Gasteiger partial charge in [0.25, 0.3) is 0 Å². The van der Waals surface area contributed by atoms with Crippen LogP contribution in [-0.4, -0.2) is 37.2 Å². The molecule has 0 fully saturated rings. The Morgan fingerprint density at radius 2 is 2.05 bits per heavy atom. The molecule has 0 heterocycles. The van der Waals surface area contributed by atoms with Gasteiger partial charge in [0.1, 0.15) is 11.4 Å². The van der Waals surface area contributed by atoms with E-state index in [9.17, 15) is 14.0 Å². The van der Waals surface area contributed by atoms with E-state index in [1.807, 2.05) is 0 Å². The summed E-state index contributed by atoms with van der Waals surface area (Å²) in [6.45, 7) is 1.19. The van der Waals surface area contributed by atoms with E-state index in [0.29, 0.717) is 6.54 Å². The maximum Gasteiger partial charge on any atom is 0.340 e. The Morgan fingerprint density at radius 1 is 1.32 bits per heavy atom. The van der Waals surface area contributed by atoms with Gasteiger partial charge in [-0.1, -0.05) is 6.07 Å². The number of benzene rings is 1. The second kappa shape index (κ2) is 7.32. The normalized spacial score (nSPS) is 10.0. The summed E-state index contributed by atoms with van der Waals surface area (Å²) in [7, 11) is 1.80. The van der Waals surface area contributed by atoms with E-state index in [1.165, 1.54) is 12.1 Å². The van der Waals surface area contributed by atoms with Gasteiger partial charge in [-0.2, -0.15) is 0 Å². The van der Waals surface area contributed by atoms with Crippen LogP contribution in [-0.2, 0) is 0 Å². The Kier molecular flexibility index (Phi) is 5.74. The lowest BCUT2D eigenvalue weighted by Crippen LogP contribution is -2.31. The molecule has 2 amide bonds. The molecule has 4 N–H and O–H groups in total. The van der Waals surface area contributed by atoms with Crippen LogP contribution in [0.25, 0.3) is 0 Å². The molecule has 0 spiro atoms. The summed E-state index contributed by atoms with van der Waals surface area (Å²) in [6.07, 6.45) is 0.735. The molecule has 0 aliphatic carbocycles. The minimum atomic E-state index is -1.43. The van der Waals surface area contributed by atoms with Gasteiger partial charge in [0.05, 0.1) is 5.69 Å². The summed E-state index contributed by atoms with van der Waals surface area (Å²) in [5.41, 5.74) is -0.619. The number of carbonyl (C=O) groups excluding carboxylic acids is 1. The highest BCUT2D eigenvalue weighted by molar-refractivity contribution is 6.00. The van der Waals surface area contributed by atoms with E-state index in [-0.39, 0.29) is 5.69 Å². The summed E-state index contributed by atoms with van der Waals surface area (Å²) in [4.78, 5) is 22.4.